The average molecular weight is 280 g/mol. The van der Waals surface area contributed by atoms with Gasteiger partial charge in [-0.15, -0.1) is 12.3 Å². The molecule has 1 rings (SSSR count). The van der Waals surface area contributed by atoms with Crippen LogP contribution in [-0.2, 0) is 9.53 Å². The number of carbonyl (C=O) groups is 2. The quantitative estimate of drug-likeness (QED) is 0.664. The Morgan fingerprint density at radius 2 is 2.21 bits per heavy atom. The summed E-state index contributed by atoms with van der Waals surface area (Å²) in [5, 5.41) is 3.00. The molecule has 0 fully saturated rings. The molecule has 1 aromatic rings. The highest BCUT2D eigenvalue weighted by Gasteiger charge is 2.18. The highest BCUT2D eigenvalue weighted by Crippen LogP contribution is 2.23. The van der Waals surface area contributed by atoms with Gasteiger partial charge in [-0.05, 0) is 20.8 Å². The van der Waals surface area contributed by atoms with Gasteiger partial charge in [0, 0.05) is 12.8 Å². The molecule has 0 aliphatic rings. The second-order valence-electron chi connectivity index (χ2n) is 4.14. The van der Waals surface area contributed by atoms with Crippen molar-refractivity contribution in [2.45, 2.75) is 39.7 Å². The molecule has 0 spiro atoms. The fraction of sp³-hybridized carbons (Fsp3) is 0.462. The van der Waals surface area contributed by atoms with Crippen LogP contribution in [0.25, 0.3) is 0 Å². The zero-order valence-corrected chi connectivity index (χ0v) is 12.0. The molecule has 0 atom stereocenters. The lowest BCUT2D eigenvalue weighted by Crippen LogP contribution is -2.11. The van der Waals surface area contributed by atoms with E-state index in [1.807, 2.05) is 0 Å². The van der Waals surface area contributed by atoms with Crippen LogP contribution in [0.2, 0.25) is 0 Å². The number of amides is 1. The van der Waals surface area contributed by atoms with E-state index in [-0.39, 0.29) is 18.4 Å². The van der Waals surface area contributed by atoms with Crippen molar-refractivity contribution in [1.29, 1.82) is 0 Å². The lowest BCUT2D eigenvalue weighted by atomic mass is 10.3. The van der Waals surface area contributed by atoms with Crippen LogP contribution in [0, 0.1) is 19.3 Å². The first-order valence-corrected chi connectivity index (χ1v) is 6.67. The van der Waals surface area contributed by atoms with E-state index in [1.54, 1.807) is 20.8 Å². The predicted octanol–water partition coefficient (Wildman–Crippen LogP) is 2.37. The molecule has 1 heterocycles. The number of hydrogen-bond acceptors (Lipinski definition) is 5. The molecule has 0 aromatic carbocycles. The number of thiazole rings is 1. The van der Waals surface area contributed by atoms with Crippen LogP contribution in [0.1, 0.15) is 42.1 Å². The van der Waals surface area contributed by atoms with Gasteiger partial charge in [0.25, 0.3) is 0 Å². The maximum atomic E-state index is 11.8. The minimum Gasteiger partial charge on any atom is -0.459 e. The summed E-state index contributed by atoms with van der Waals surface area (Å²) in [7, 11) is 0. The number of hydrogen-bond donors (Lipinski definition) is 1. The van der Waals surface area contributed by atoms with Crippen LogP contribution in [-0.4, -0.2) is 23.0 Å². The molecule has 0 bridgehead atoms. The van der Waals surface area contributed by atoms with Crippen molar-refractivity contribution in [2.75, 3.05) is 5.32 Å². The van der Waals surface area contributed by atoms with Crippen LogP contribution >= 0.6 is 11.3 Å². The Balaban J connectivity index is 2.71. The van der Waals surface area contributed by atoms with Gasteiger partial charge < -0.3 is 10.1 Å². The van der Waals surface area contributed by atoms with Gasteiger partial charge in [-0.2, -0.15) is 0 Å². The summed E-state index contributed by atoms with van der Waals surface area (Å²) in [6.07, 6.45) is 5.50. The number of terminal acetylenes is 1. The molecule has 0 aliphatic carbocycles. The van der Waals surface area contributed by atoms with E-state index in [2.05, 4.69) is 16.2 Å². The second-order valence-corrected chi connectivity index (χ2v) is 5.14. The fourth-order valence-electron chi connectivity index (χ4n) is 1.27. The molecule has 6 heteroatoms. The molecule has 0 saturated carbocycles. The predicted molar refractivity (Wildman–Crippen MR) is 74.1 cm³/mol. The van der Waals surface area contributed by atoms with Crippen molar-refractivity contribution in [3.63, 3.8) is 0 Å². The Morgan fingerprint density at radius 1 is 1.53 bits per heavy atom. The van der Waals surface area contributed by atoms with Crippen molar-refractivity contribution in [3.8, 4) is 12.3 Å². The summed E-state index contributed by atoms with van der Waals surface area (Å²) < 4.78 is 5.09. The normalized spacial score (nSPS) is 10.1. The minimum atomic E-state index is -0.422. The van der Waals surface area contributed by atoms with E-state index < -0.39 is 5.97 Å². The zero-order valence-electron chi connectivity index (χ0n) is 11.1. The Bertz CT molecular complexity index is 514. The number of nitrogens with one attached hydrogen (secondary N) is 1. The van der Waals surface area contributed by atoms with Crippen molar-refractivity contribution in [2.24, 2.45) is 0 Å². The van der Waals surface area contributed by atoms with Gasteiger partial charge >= 0.3 is 5.97 Å². The van der Waals surface area contributed by atoms with Crippen LogP contribution in [0.15, 0.2) is 0 Å². The first-order valence-electron chi connectivity index (χ1n) is 5.85. The largest absolute Gasteiger partial charge is 0.459 e. The van der Waals surface area contributed by atoms with Gasteiger partial charge in [0.2, 0.25) is 5.91 Å². The monoisotopic (exact) mass is 280 g/mol. The van der Waals surface area contributed by atoms with Crippen molar-refractivity contribution < 1.29 is 14.3 Å². The highest BCUT2D eigenvalue weighted by atomic mass is 32.1. The van der Waals surface area contributed by atoms with Crippen LogP contribution in [0.5, 0.6) is 0 Å². The number of esters is 1. The van der Waals surface area contributed by atoms with Gasteiger partial charge in [0.1, 0.15) is 4.88 Å². The molecular formula is C13H16N2O3S. The number of rotatable bonds is 5. The van der Waals surface area contributed by atoms with Gasteiger partial charge in [-0.1, -0.05) is 11.3 Å². The molecule has 1 amide bonds. The first-order chi connectivity index (χ1) is 8.93. The summed E-state index contributed by atoms with van der Waals surface area (Å²) >= 11 is 1.10. The van der Waals surface area contributed by atoms with E-state index in [4.69, 9.17) is 11.2 Å². The molecule has 1 N–H and O–H groups in total. The van der Waals surface area contributed by atoms with Crippen LogP contribution in [0.3, 0.4) is 0 Å². The Labute approximate surface area is 116 Å². The number of anilines is 1. The van der Waals surface area contributed by atoms with Gasteiger partial charge in [-0.3, -0.25) is 4.79 Å². The third-order valence-corrected chi connectivity index (χ3v) is 3.12. The van der Waals surface area contributed by atoms with E-state index in [1.165, 1.54) is 0 Å². The number of nitrogens with zero attached hydrogens (tertiary/aromatic N) is 1. The number of carbonyl (C=O) groups excluding carboxylic acids is 2. The maximum absolute atomic E-state index is 11.8. The minimum absolute atomic E-state index is 0.192. The number of aryl methyl sites for hydroxylation is 1. The van der Waals surface area contributed by atoms with Crippen molar-refractivity contribution in [1.82, 2.24) is 4.98 Å². The molecule has 5 nitrogen and oxygen atoms in total. The topological polar surface area (TPSA) is 68.3 Å². The van der Waals surface area contributed by atoms with Crippen molar-refractivity contribution in [3.05, 3.63) is 10.6 Å². The lowest BCUT2D eigenvalue weighted by Gasteiger charge is -2.05. The fourth-order valence-corrected chi connectivity index (χ4v) is 2.14. The van der Waals surface area contributed by atoms with E-state index in [0.717, 1.165) is 11.3 Å². The SMILES string of the molecule is C#CCCC(=O)Nc1nc(C)c(C(=O)OC(C)C)s1. The standard InChI is InChI=1S/C13H16N2O3S/c1-5-6-7-10(16)15-13-14-9(4)11(19-13)12(17)18-8(2)3/h1,8H,6-7H2,2-4H3,(H,14,15,16). The summed E-state index contributed by atoms with van der Waals surface area (Å²) in [5.74, 6) is 1.75. The smallest absolute Gasteiger partial charge is 0.350 e. The van der Waals surface area contributed by atoms with Crippen LogP contribution in [0.4, 0.5) is 5.13 Å². The summed E-state index contributed by atoms with van der Waals surface area (Å²) in [4.78, 5) is 27.8. The molecule has 1 aromatic heterocycles. The van der Waals surface area contributed by atoms with E-state index in [9.17, 15) is 9.59 Å². The lowest BCUT2D eigenvalue weighted by molar-refractivity contribution is -0.116. The second kappa shape index (κ2) is 6.90. The van der Waals surface area contributed by atoms with Crippen molar-refractivity contribution >= 4 is 28.3 Å². The average Bonchev–Trinajstić information content (AvgIpc) is 2.66. The molecular weight excluding hydrogens is 264 g/mol. The zero-order chi connectivity index (χ0) is 14.4. The molecule has 0 radical (unpaired) electrons. The number of ether oxygens (including phenoxy) is 1. The maximum Gasteiger partial charge on any atom is 0.350 e. The summed E-state index contributed by atoms with van der Waals surface area (Å²) in [6.45, 7) is 5.25. The van der Waals surface area contributed by atoms with Gasteiger partial charge in [-0.25, -0.2) is 9.78 Å². The molecule has 102 valence electrons. The highest BCUT2D eigenvalue weighted by molar-refractivity contribution is 7.17. The third kappa shape index (κ3) is 4.72. The van der Waals surface area contributed by atoms with Crippen LogP contribution < -0.4 is 5.32 Å². The Kier molecular flexibility index (Phi) is 5.52. The number of aromatic nitrogens is 1. The summed E-state index contributed by atoms with van der Waals surface area (Å²) in [5.41, 5.74) is 0.544. The Morgan fingerprint density at radius 3 is 2.79 bits per heavy atom. The van der Waals surface area contributed by atoms with Gasteiger partial charge in [0.15, 0.2) is 5.13 Å². The van der Waals surface area contributed by atoms with E-state index >= 15 is 0 Å². The molecule has 0 aliphatic heterocycles. The molecule has 0 saturated heterocycles. The summed E-state index contributed by atoms with van der Waals surface area (Å²) in [6, 6.07) is 0. The van der Waals surface area contributed by atoms with Gasteiger partial charge in [0.05, 0.1) is 11.8 Å². The van der Waals surface area contributed by atoms with E-state index in [0.29, 0.717) is 22.1 Å². The molecule has 19 heavy (non-hydrogen) atoms. The first kappa shape index (κ1) is 15.2. The molecule has 0 unspecified atom stereocenters. The Hall–Kier alpha value is -1.87. The third-order valence-electron chi connectivity index (χ3n) is 2.07.